The normalized spacial score (nSPS) is 14.6. The van der Waals surface area contributed by atoms with Crippen molar-refractivity contribution in [2.45, 2.75) is 6.42 Å². The molecule has 0 unspecified atom stereocenters. The van der Waals surface area contributed by atoms with Gasteiger partial charge < -0.3 is 15.5 Å². The summed E-state index contributed by atoms with van der Waals surface area (Å²) in [5.74, 6) is -0.0854. The number of nitrogens with two attached hydrogens (primary N) is 1. The van der Waals surface area contributed by atoms with Crippen LogP contribution in [0.1, 0.15) is 12.0 Å². The van der Waals surface area contributed by atoms with Gasteiger partial charge in [-0.2, -0.15) is 5.10 Å². The molecule has 0 atom stereocenters. The smallest absolute Gasteiger partial charge is 0.314 e. The number of urea groups is 1. The molecule has 1 aliphatic heterocycles. The fraction of sp³-hybridized carbons (Fsp3) is 0.208. The molecule has 0 saturated carbocycles. The summed E-state index contributed by atoms with van der Waals surface area (Å²) < 4.78 is 1.82. The maximum absolute atomic E-state index is 12.8. The molecule has 0 bridgehead atoms. The van der Waals surface area contributed by atoms with Crippen molar-refractivity contribution >= 4 is 18.0 Å². The third-order valence-corrected chi connectivity index (χ3v) is 5.34. The first-order valence-electron chi connectivity index (χ1n) is 10.3. The Balaban J connectivity index is 1.58. The number of rotatable bonds is 4. The Morgan fingerprint density at radius 1 is 0.871 bits per heavy atom. The molecule has 31 heavy (non-hydrogen) atoms. The van der Waals surface area contributed by atoms with E-state index < -0.39 is 6.03 Å². The van der Waals surface area contributed by atoms with Gasteiger partial charge in [0.1, 0.15) is 0 Å². The van der Waals surface area contributed by atoms with Gasteiger partial charge in [-0.05, 0) is 24.6 Å². The van der Waals surface area contributed by atoms with E-state index >= 15 is 0 Å². The molecular weight excluding hydrogens is 390 g/mol. The first-order valence-corrected chi connectivity index (χ1v) is 10.3. The molecular formula is C24H25N5O2. The summed E-state index contributed by atoms with van der Waals surface area (Å²) in [5, 5.41) is 4.77. The summed E-state index contributed by atoms with van der Waals surface area (Å²) in [7, 11) is 0. The van der Waals surface area contributed by atoms with Crippen LogP contribution in [-0.2, 0) is 4.79 Å². The van der Waals surface area contributed by atoms with Gasteiger partial charge in [0.05, 0.1) is 11.4 Å². The summed E-state index contributed by atoms with van der Waals surface area (Å²) >= 11 is 0. The highest BCUT2D eigenvalue weighted by atomic mass is 16.2. The van der Waals surface area contributed by atoms with E-state index in [1.807, 2.05) is 77.6 Å². The van der Waals surface area contributed by atoms with Crippen LogP contribution < -0.4 is 5.73 Å². The number of para-hydroxylation sites is 1. The molecule has 4 rings (SSSR count). The average Bonchev–Trinajstić information content (AvgIpc) is 3.07. The van der Waals surface area contributed by atoms with Crippen LogP contribution in [0.2, 0.25) is 0 Å². The number of nitrogens with zero attached hydrogens (tertiary/aromatic N) is 4. The molecule has 0 spiro atoms. The van der Waals surface area contributed by atoms with Crippen molar-refractivity contribution in [3.63, 3.8) is 0 Å². The van der Waals surface area contributed by atoms with E-state index in [4.69, 9.17) is 10.8 Å². The minimum atomic E-state index is -0.439. The number of carbonyl (C=O) groups excluding carboxylic acids is 2. The Morgan fingerprint density at radius 2 is 1.52 bits per heavy atom. The van der Waals surface area contributed by atoms with Crippen LogP contribution in [0.3, 0.4) is 0 Å². The molecule has 0 aliphatic carbocycles. The number of hydrogen-bond donors (Lipinski definition) is 1. The number of hydrogen-bond acceptors (Lipinski definition) is 3. The molecule has 1 saturated heterocycles. The van der Waals surface area contributed by atoms with Gasteiger partial charge >= 0.3 is 6.03 Å². The molecule has 158 valence electrons. The minimum absolute atomic E-state index is 0.0854. The summed E-state index contributed by atoms with van der Waals surface area (Å²) in [6.45, 7) is 2.10. The highest BCUT2D eigenvalue weighted by molar-refractivity contribution is 5.93. The molecule has 1 aromatic heterocycles. The third kappa shape index (κ3) is 4.83. The number of aromatic nitrogens is 2. The van der Waals surface area contributed by atoms with Crippen LogP contribution in [0.15, 0.2) is 72.9 Å². The van der Waals surface area contributed by atoms with Crippen LogP contribution in [0.4, 0.5) is 4.79 Å². The maximum atomic E-state index is 12.8. The lowest BCUT2D eigenvalue weighted by Gasteiger charge is -2.19. The molecule has 2 N–H and O–H groups in total. The Hall–Kier alpha value is -3.87. The summed E-state index contributed by atoms with van der Waals surface area (Å²) in [6, 6.07) is 19.3. The SMILES string of the molecule is NC(=O)N1CCCN(C(=O)C=Cc2cn(-c3ccccc3)nc2-c2ccccc2)CC1. The van der Waals surface area contributed by atoms with E-state index in [1.54, 1.807) is 15.9 Å². The fourth-order valence-electron chi connectivity index (χ4n) is 3.67. The van der Waals surface area contributed by atoms with Gasteiger partial charge in [-0.25, -0.2) is 9.48 Å². The van der Waals surface area contributed by atoms with Crippen molar-refractivity contribution in [2.75, 3.05) is 26.2 Å². The van der Waals surface area contributed by atoms with Gasteiger partial charge in [0.25, 0.3) is 0 Å². The van der Waals surface area contributed by atoms with Gasteiger partial charge in [-0.15, -0.1) is 0 Å². The van der Waals surface area contributed by atoms with Crippen LogP contribution in [-0.4, -0.2) is 57.7 Å². The minimum Gasteiger partial charge on any atom is -0.351 e. The first-order chi connectivity index (χ1) is 15.1. The van der Waals surface area contributed by atoms with Crippen LogP contribution in [0.5, 0.6) is 0 Å². The highest BCUT2D eigenvalue weighted by Gasteiger charge is 2.19. The van der Waals surface area contributed by atoms with E-state index in [9.17, 15) is 9.59 Å². The van der Waals surface area contributed by atoms with Crippen molar-refractivity contribution in [3.05, 3.63) is 78.5 Å². The molecule has 1 aliphatic rings. The van der Waals surface area contributed by atoms with Crippen LogP contribution in [0.25, 0.3) is 23.0 Å². The largest absolute Gasteiger partial charge is 0.351 e. The lowest BCUT2D eigenvalue weighted by molar-refractivity contribution is -0.125. The van der Waals surface area contributed by atoms with E-state index in [1.165, 1.54) is 0 Å². The van der Waals surface area contributed by atoms with E-state index in [2.05, 4.69) is 0 Å². The molecule has 2 aromatic carbocycles. The lowest BCUT2D eigenvalue weighted by atomic mass is 10.1. The second kappa shape index (κ2) is 9.30. The number of carbonyl (C=O) groups is 2. The van der Waals surface area contributed by atoms with Gasteiger partial charge in [-0.3, -0.25) is 4.79 Å². The molecule has 3 amide bonds. The van der Waals surface area contributed by atoms with Crippen LogP contribution >= 0.6 is 0 Å². The van der Waals surface area contributed by atoms with Gasteiger partial charge in [-0.1, -0.05) is 48.5 Å². The van der Waals surface area contributed by atoms with Crippen LogP contribution in [0, 0.1) is 0 Å². The molecule has 2 heterocycles. The predicted octanol–water partition coefficient (Wildman–Crippen LogP) is 3.17. The zero-order valence-electron chi connectivity index (χ0n) is 17.2. The topological polar surface area (TPSA) is 84.5 Å². The highest BCUT2D eigenvalue weighted by Crippen LogP contribution is 2.24. The molecule has 3 aromatic rings. The fourth-order valence-corrected chi connectivity index (χ4v) is 3.67. The number of benzene rings is 2. The van der Waals surface area contributed by atoms with Crippen molar-refractivity contribution in [2.24, 2.45) is 5.73 Å². The van der Waals surface area contributed by atoms with Crippen molar-refractivity contribution in [1.29, 1.82) is 0 Å². The molecule has 0 radical (unpaired) electrons. The van der Waals surface area contributed by atoms with Gasteiger partial charge in [0.15, 0.2) is 0 Å². The Bertz CT molecular complexity index is 1080. The number of amides is 3. The summed E-state index contributed by atoms with van der Waals surface area (Å²) in [6.07, 6.45) is 6.04. The first kappa shape index (κ1) is 20.4. The van der Waals surface area contributed by atoms with Gasteiger partial charge in [0.2, 0.25) is 5.91 Å². The standard InChI is InChI=1S/C24H25N5O2/c25-24(31)28-15-7-14-27(16-17-28)22(30)13-12-20-18-29(21-10-5-2-6-11-21)26-23(20)19-8-3-1-4-9-19/h1-6,8-13,18H,7,14-17H2,(H2,25,31). The average molecular weight is 415 g/mol. The van der Waals surface area contributed by atoms with Crippen molar-refractivity contribution in [1.82, 2.24) is 19.6 Å². The summed E-state index contributed by atoms with van der Waals surface area (Å²) in [4.78, 5) is 27.5. The van der Waals surface area contributed by atoms with Crippen molar-refractivity contribution in [3.8, 4) is 16.9 Å². The quantitative estimate of drug-likeness (QED) is 0.664. The second-order valence-electron chi connectivity index (χ2n) is 7.42. The van der Waals surface area contributed by atoms with E-state index in [-0.39, 0.29) is 5.91 Å². The van der Waals surface area contributed by atoms with Gasteiger partial charge in [0, 0.05) is 49.6 Å². The van der Waals surface area contributed by atoms with E-state index in [0.717, 1.165) is 22.5 Å². The zero-order chi connectivity index (χ0) is 21.6. The Morgan fingerprint density at radius 3 is 2.23 bits per heavy atom. The van der Waals surface area contributed by atoms with E-state index in [0.29, 0.717) is 32.6 Å². The predicted molar refractivity (Wildman–Crippen MR) is 120 cm³/mol. The molecule has 7 heteroatoms. The Kier molecular flexibility index (Phi) is 6.12. The molecule has 7 nitrogen and oxygen atoms in total. The monoisotopic (exact) mass is 415 g/mol. The third-order valence-electron chi connectivity index (χ3n) is 5.34. The zero-order valence-corrected chi connectivity index (χ0v) is 17.2. The lowest BCUT2D eigenvalue weighted by Crippen LogP contribution is -2.39. The Labute approximate surface area is 181 Å². The number of primary amides is 1. The summed E-state index contributed by atoms with van der Waals surface area (Å²) in [5.41, 5.74) is 8.97. The maximum Gasteiger partial charge on any atom is 0.314 e. The molecule has 1 fully saturated rings. The van der Waals surface area contributed by atoms with Crippen molar-refractivity contribution < 1.29 is 9.59 Å². The second-order valence-corrected chi connectivity index (χ2v) is 7.42.